The van der Waals surface area contributed by atoms with Crippen LogP contribution in [0.3, 0.4) is 0 Å². The van der Waals surface area contributed by atoms with Crippen molar-refractivity contribution in [2.45, 2.75) is 18.7 Å². The molecule has 0 saturated heterocycles. The quantitative estimate of drug-likeness (QED) is 0.858. The van der Waals surface area contributed by atoms with Crippen LogP contribution in [-0.2, 0) is 10.0 Å². The highest BCUT2D eigenvalue weighted by Gasteiger charge is 2.18. The van der Waals surface area contributed by atoms with E-state index in [-0.39, 0.29) is 4.90 Å². The van der Waals surface area contributed by atoms with E-state index in [1.165, 1.54) is 0 Å². The Morgan fingerprint density at radius 3 is 2.40 bits per heavy atom. The van der Waals surface area contributed by atoms with Crippen molar-refractivity contribution in [1.82, 2.24) is 0 Å². The van der Waals surface area contributed by atoms with Gasteiger partial charge in [-0.3, -0.25) is 4.72 Å². The van der Waals surface area contributed by atoms with Gasteiger partial charge in [0, 0.05) is 4.47 Å². The van der Waals surface area contributed by atoms with Gasteiger partial charge in [0.25, 0.3) is 10.0 Å². The average molecular weight is 375 g/mol. The first-order valence-electron chi connectivity index (χ1n) is 5.85. The molecule has 0 heterocycles. The van der Waals surface area contributed by atoms with Crippen molar-refractivity contribution in [2.75, 3.05) is 4.72 Å². The summed E-state index contributed by atoms with van der Waals surface area (Å²) in [6, 6.07) is 10.2. The van der Waals surface area contributed by atoms with Crippen LogP contribution in [0.2, 0.25) is 5.02 Å². The second kappa shape index (κ2) is 5.76. The Kier molecular flexibility index (Phi) is 4.42. The van der Waals surface area contributed by atoms with E-state index >= 15 is 0 Å². The van der Waals surface area contributed by atoms with Crippen molar-refractivity contribution in [2.24, 2.45) is 0 Å². The number of rotatable bonds is 3. The van der Waals surface area contributed by atoms with Gasteiger partial charge >= 0.3 is 0 Å². The zero-order chi connectivity index (χ0) is 14.9. The molecular formula is C14H13BrClNO2S. The smallest absolute Gasteiger partial charge is 0.262 e. The fraction of sp³-hybridized carbons (Fsp3) is 0.143. The third-order valence-electron chi connectivity index (χ3n) is 2.80. The number of halogens is 2. The summed E-state index contributed by atoms with van der Waals surface area (Å²) in [4.78, 5) is 0.252. The summed E-state index contributed by atoms with van der Waals surface area (Å²) in [5.41, 5.74) is 2.07. The van der Waals surface area contributed by atoms with Gasteiger partial charge in [-0.15, -0.1) is 0 Å². The molecule has 0 saturated carbocycles. The molecule has 0 radical (unpaired) electrons. The lowest BCUT2D eigenvalue weighted by Gasteiger charge is -2.12. The monoisotopic (exact) mass is 373 g/mol. The molecule has 0 unspecified atom stereocenters. The first-order valence-corrected chi connectivity index (χ1v) is 8.50. The summed E-state index contributed by atoms with van der Waals surface area (Å²) in [6.07, 6.45) is 0. The third kappa shape index (κ3) is 3.34. The highest BCUT2D eigenvalue weighted by molar-refractivity contribution is 9.10. The zero-order valence-electron chi connectivity index (χ0n) is 10.9. The molecule has 0 spiro atoms. The summed E-state index contributed by atoms with van der Waals surface area (Å²) >= 11 is 9.31. The minimum absolute atomic E-state index is 0.252. The summed E-state index contributed by atoms with van der Waals surface area (Å²) in [5.74, 6) is 0. The van der Waals surface area contributed by atoms with Crippen molar-refractivity contribution in [3.63, 3.8) is 0 Å². The number of benzene rings is 2. The molecule has 0 bridgehead atoms. The van der Waals surface area contributed by atoms with E-state index in [9.17, 15) is 8.42 Å². The van der Waals surface area contributed by atoms with Gasteiger partial charge < -0.3 is 0 Å². The van der Waals surface area contributed by atoms with E-state index in [1.54, 1.807) is 37.3 Å². The number of sulfonamides is 1. The molecule has 1 N–H and O–H groups in total. The number of anilines is 1. The van der Waals surface area contributed by atoms with Crippen LogP contribution < -0.4 is 4.72 Å². The zero-order valence-corrected chi connectivity index (χ0v) is 14.1. The molecule has 6 heteroatoms. The maximum absolute atomic E-state index is 12.4. The van der Waals surface area contributed by atoms with Crippen molar-refractivity contribution < 1.29 is 8.42 Å². The maximum Gasteiger partial charge on any atom is 0.262 e. The first kappa shape index (κ1) is 15.4. The van der Waals surface area contributed by atoms with Crippen LogP contribution >= 0.6 is 27.5 Å². The molecule has 3 nitrogen and oxygen atoms in total. The van der Waals surface area contributed by atoms with E-state index in [0.29, 0.717) is 16.3 Å². The van der Waals surface area contributed by atoms with Gasteiger partial charge in [0.15, 0.2) is 0 Å². The Morgan fingerprint density at radius 1 is 1.10 bits per heavy atom. The van der Waals surface area contributed by atoms with Crippen molar-refractivity contribution >= 4 is 43.2 Å². The number of aryl methyl sites for hydroxylation is 2. The van der Waals surface area contributed by atoms with E-state index < -0.39 is 10.0 Å². The van der Waals surface area contributed by atoms with Crippen LogP contribution in [0.1, 0.15) is 11.1 Å². The van der Waals surface area contributed by atoms with Crippen LogP contribution in [0.15, 0.2) is 45.8 Å². The fourth-order valence-corrected chi connectivity index (χ4v) is 3.96. The number of nitrogens with one attached hydrogen (secondary N) is 1. The topological polar surface area (TPSA) is 46.2 Å². The Hall–Kier alpha value is -1.04. The lowest BCUT2D eigenvalue weighted by Crippen LogP contribution is -2.14. The second-order valence-corrected chi connectivity index (χ2v) is 7.47. The van der Waals surface area contributed by atoms with Gasteiger partial charge in [0.05, 0.1) is 15.6 Å². The largest absolute Gasteiger partial charge is 0.278 e. The lowest BCUT2D eigenvalue weighted by atomic mass is 10.2. The predicted molar refractivity (Wildman–Crippen MR) is 85.9 cm³/mol. The van der Waals surface area contributed by atoms with Crippen molar-refractivity contribution in [3.8, 4) is 0 Å². The van der Waals surface area contributed by atoms with Gasteiger partial charge in [-0.1, -0.05) is 45.2 Å². The number of hydrogen-bond acceptors (Lipinski definition) is 2. The summed E-state index contributed by atoms with van der Waals surface area (Å²) in [7, 11) is -3.65. The first-order chi connectivity index (χ1) is 9.29. The maximum atomic E-state index is 12.4. The molecule has 2 aromatic rings. The molecule has 0 fully saturated rings. The van der Waals surface area contributed by atoms with E-state index in [0.717, 1.165) is 10.0 Å². The van der Waals surface area contributed by atoms with Crippen LogP contribution in [0.4, 0.5) is 5.69 Å². The average Bonchev–Trinajstić information content (AvgIpc) is 2.32. The molecule has 0 aliphatic carbocycles. The summed E-state index contributed by atoms with van der Waals surface area (Å²) in [6.45, 7) is 3.69. The van der Waals surface area contributed by atoms with E-state index in [2.05, 4.69) is 20.7 Å². The van der Waals surface area contributed by atoms with Crippen LogP contribution in [0, 0.1) is 13.8 Å². The molecule has 0 amide bonds. The lowest BCUT2D eigenvalue weighted by molar-refractivity contribution is 0.600. The van der Waals surface area contributed by atoms with Gasteiger partial charge in [-0.25, -0.2) is 8.42 Å². The van der Waals surface area contributed by atoms with Gasteiger partial charge in [-0.05, 0) is 43.7 Å². The van der Waals surface area contributed by atoms with Crippen LogP contribution in [0.5, 0.6) is 0 Å². The molecule has 0 aliphatic rings. The van der Waals surface area contributed by atoms with E-state index in [1.807, 2.05) is 13.0 Å². The SMILES string of the molecule is Cc1ccc(S(=O)(=O)Nc2ccc(Br)cc2Cl)c(C)c1. The molecule has 20 heavy (non-hydrogen) atoms. The minimum Gasteiger partial charge on any atom is -0.278 e. The van der Waals surface area contributed by atoms with Crippen molar-refractivity contribution in [1.29, 1.82) is 0 Å². The minimum atomic E-state index is -3.65. The van der Waals surface area contributed by atoms with Crippen molar-refractivity contribution in [3.05, 3.63) is 57.0 Å². The number of hydrogen-bond donors (Lipinski definition) is 1. The Labute approximate surface area is 132 Å². The second-order valence-electron chi connectivity index (χ2n) is 4.50. The Morgan fingerprint density at radius 2 is 1.80 bits per heavy atom. The normalized spacial score (nSPS) is 11.4. The molecular weight excluding hydrogens is 362 g/mol. The summed E-state index contributed by atoms with van der Waals surface area (Å²) < 4.78 is 28.1. The standard InChI is InChI=1S/C14H13BrClNO2S/c1-9-3-6-14(10(2)7-9)20(18,19)17-13-5-4-11(15)8-12(13)16/h3-8,17H,1-2H3. The molecule has 0 aliphatic heterocycles. The fourth-order valence-electron chi connectivity index (χ4n) is 1.87. The molecule has 2 aromatic carbocycles. The van der Waals surface area contributed by atoms with Gasteiger partial charge in [-0.2, -0.15) is 0 Å². The highest BCUT2D eigenvalue weighted by Crippen LogP contribution is 2.28. The van der Waals surface area contributed by atoms with Gasteiger partial charge in [0.1, 0.15) is 0 Å². The molecule has 0 atom stereocenters. The predicted octanol–water partition coefficient (Wildman–Crippen LogP) is 4.52. The van der Waals surface area contributed by atoms with E-state index in [4.69, 9.17) is 11.6 Å². The van der Waals surface area contributed by atoms with Gasteiger partial charge in [0.2, 0.25) is 0 Å². The molecule has 0 aromatic heterocycles. The highest BCUT2D eigenvalue weighted by atomic mass is 79.9. The molecule has 2 rings (SSSR count). The Balaban J connectivity index is 2.41. The van der Waals surface area contributed by atoms with Crippen LogP contribution in [0.25, 0.3) is 0 Å². The summed E-state index contributed by atoms with van der Waals surface area (Å²) in [5, 5.41) is 0.340. The Bertz CT molecular complexity index is 760. The van der Waals surface area contributed by atoms with Crippen LogP contribution in [-0.4, -0.2) is 8.42 Å². The third-order valence-corrected chi connectivity index (χ3v) is 5.13. The molecule has 106 valence electrons.